The van der Waals surface area contributed by atoms with E-state index in [0.29, 0.717) is 5.69 Å². The number of rotatable bonds is 4. The van der Waals surface area contributed by atoms with Crippen molar-refractivity contribution in [1.29, 1.82) is 0 Å². The molecule has 19 heavy (non-hydrogen) atoms. The van der Waals surface area contributed by atoms with Gasteiger partial charge in [0.2, 0.25) is 10.0 Å². The van der Waals surface area contributed by atoms with E-state index in [-0.39, 0.29) is 17.5 Å². The molecule has 1 saturated heterocycles. The minimum Gasteiger partial charge on any atom is -0.390 e. The number of hydrogen-bond donors (Lipinski definition) is 2. The molecular weight excluding hydrogens is 266 g/mol. The minimum atomic E-state index is -3.49. The highest BCUT2D eigenvalue weighted by Crippen LogP contribution is 2.16. The minimum absolute atomic E-state index is 0.000942. The normalized spacial score (nSPS) is 18.9. The van der Waals surface area contributed by atoms with Crippen LogP contribution in [0.1, 0.15) is 18.5 Å². The number of piperidine rings is 1. The van der Waals surface area contributed by atoms with E-state index < -0.39 is 10.0 Å². The van der Waals surface area contributed by atoms with E-state index in [4.69, 9.17) is 5.11 Å². The van der Waals surface area contributed by atoms with Crippen molar-refractivity contribution < 1.29 is 13.5 Å². The largest absolute Gasteiger partial charge is 0.390 e. The molecule has 1 aliphatic heterocycles. The fraction of sp³-hybridized carbons (Fsp3) is 0.667. The van der Waals surface area contributed by atoms with Crippen LogP contribution in [0.25, 0.3) is 0 Å². The number of hydrogen-bond acceptors (Lipinski definition) is 4. The maximum absolute atomic E-state index is 12.2. The Morgan fingerprint density at radius 3 is 2.53 bits per heavy atom. The zero-order chi connectivity index (χ0) is 14.0. The third-order valence-electron chi connectivity index (χ3n) is 3.60. The van der Waals surface area contributed by atoms with Gasteiger partial charge in [-0.15, -0.1) is 0 Å². The van der Waals surface area contributed by atoms with E-state index in [1.807, 2.05) is 7.05 Å². The molecule has 0 atom stereocenters. The molecule has 0 radical (unpaired) electrons. The van der Waals surface area contributed by atoms with Crippen LogP contribution in [0.4, 0.5) is 0 Å². The highest BCUT2D eigenvalue weighted by molar-refractivity contribution is 7.89. The maximum Gasteiger partial charge on any atom is 0.242 e. The second kappa shape index (κ2) is 5.62. The predicted molar refractivity (Wildman–Crippen MR) is 72.2 cm³/mol. The first-order valence-electron chi connectivity index (χ1n) is 6.39. The Morgan fingerprint density at radius 1 is 1.37 bits per heavy atom. The highest BCUT2D eigenvalue weighted by atomic mass is 32.2. The lowest BCUT2D eigenvalue weighted by molar-refractivity contribution is 0.248. The van der Waals surface area contributed by atoms with Crippen LogP contribution < -0.4 is 4.72 Å². The summed E-state index contributed by atoms with van der Waals surface area (Å²) in [5, 5.41) is 9.11. The number of aromatic nitrogens is 1. The first-order valence-corrected chi connectivity index (χ1v) is 7.87. The van der Waals surface area contributed by atoms with Crippen molar-refractivity contribution in [3.05, 3.63) is 18.0 Å². The smallest absolute Gasteiger partial charge is 0.242 e. The number of nitrogens with zero attached hydrogens (tertiary/aromatic N) is 2. The van der Waals surface area contributed by atoms with Gasteiger partial charge in [0.25, 0.3) is 0 Å². The fourth-order valence-corrected chi connectivity index (χ4v) is 3.69. The molecule has 1 aromatic heterocycles. The van der Waals surface area contributed by atoms with Crippen molar-refractivity contribution in [3.63, 3.8) is 0 Å². The molecule has 0 saturated carbocycles. The SMILES string of the molecule is CN1CCC(NS(=O)(=O)c2cc(CO)n(C)c2)CC1. The topological polar surface area (TPSA) is 74.6 Å². The fourth-order valence-electron chi connectivity index (χ4n) is 2.30. The first-order chi connectivity index (χ1) is 8.92. The van der Waals surface area contributed by atoms with Gasteiger partial charge in [-0.1, -0.05) is 0 Å². The number of likely N-dealkylation sites (tertiary alicyclic amines) is 1. The first kappa shape index (κ1) is 14.5. The number of aliphatic hydroxyl groups excluding tert-OH is 1. The maximum atomic E-state index is 12.2. The zero-order valence-corrected chi connectivity index (χ0v) is 12.2. The van der Waals surface area contributed by atoms with E-state index in [0.717, 1.165) is 25.9 Å². The number of aliphatic hydroxyl groups is 1. The summed E-state index contributed by atoms with van der Waals surface area (Å²) in [5.74, 6) is 0. The quantitative estimate of drug-likeness (QED) is 0.810. The van der Waals surface area contributed by atoms with Gasteiger partial charge < -0.3 is 14.6 Å². The summed E-state index contributed by atoms with van der Waals surface area (Å²) >= 11 is 0. The average molecular weight is 287 g/mol. The molecule has 0 unspecified atom stereocenters. The summed E-state index contributed by atoms with van der Waals surface area (Å²) < 4.78 is 28.9. The van der Waals surface area contributed by atoms with Crippen LogP contribution >= 0.6 is 0 Å². The number of aryl methyl sites for hydroxylation is 1. The molecule has 2 rings (SSSR count). The van der Waals surface area contributed by atoms with Crippen molar-refractivity contribution in [2.75, 3.05) is 20.1 Å². The van der Waals surface area contributed by atoms with Crippen LogP contribution in [0.2, 0.25) is 0 Å². The lowest BCUT2D eigenvalue weighted by atomic mass is 10.1. The zero-order valence-electron chi connectivity index (χ0n) is 11.3. The number of nitrogens with one attached hydrogen (secondary N) is 1. The second-order valence-corrected chi connectivity index (χ2v) is 6.85. The van der Waals surface area contributed by atoms with Crippen molar-refractivity contribution in [1.82, 2.24) is 14.2 Å². The Hall–Kier alpha value is -0.890. The van der Waals surface area contributed by atoms with E-state index in [2.05, 4.69) is 9.62 Å². The van der Waals surface area contributed by atoms with Crippen LogP contribution in [-0.2, 0) is 23.7 Å². The molecule has 1 aliphatic rings. The van der Waals surface area contributed by atoms with Gasteiger partial charge in [0.15, 0.2) is 0 Å². The van der Waals surface area contributed by atoms with Gasteiger partial charge >= 0.3 is 0 Å². The van der Waals surface area contributed by atoms with E-state index in [9.17, 15) is 8.42 Å². The third kappa shape index (κ3) is 3.36. The molecule has 6 nitrogen and oxygen atoms in total. The lowest BCUT2D eigenvalue weighted by Gasteiger charge is -2.29. The lowest BCUT2D eigenvalue weighted by Crippen LogP contribution is -2.43. The van der Waals surface area contributed by atoms with E-state index in [1.54, 1.807) is 11.6 Å². The second-order valence-electron chi connectivity index (χ2n) is 5.13. The number of sulfonamides is 1. The van der Waals surface area contributed by atoms with Gasteiger partial charge in [-0.25, -0.2) is 13.1 Å². The summed E-state index contributed by atoms with van der Waals surface area (Å²) in [6.45, 7) is 1.65. The summed E-state index contributed by atoms with van der Waals surface area (Å²) in [5.41, 5.74) is 0.587. The summed E-state index contributed by atoms with van der Waals surface area (Å²) in [6.07, 6.45) is 3.19. The molecule has 108 valence electrons. The molecule has 1 fully saturated rings. The van der Waals surface area contributed by atoms with Crippen LogP contribution in [-0.4, -0.2) is 49.2 Å². The van der Waals surface area contributed by atoms with Crippen molar-refractivity contribution >= 4 is 10.0 Å². The predicted octanol–water partition coefficient (Wildman–Crippen LogP) is -0.110. The molecule has 7 heteroatoms. The van der Waals surface area contributed by atoms with Gasteiger partial charge in [-0.05, 0) is 39.0 Å². The molecule has 2 heterocycles. The van der Waals surface area contributed by atoms with Crippen molar-refractivity contribution in [2.45, 2.75) is 30.4 Å². The summed E-state index contributed by atoms with van der Waals surface area (Å²) in [7, 11) is 0.270. The summed E-state index contributed by atoms with van der Waals surface area (Å²) in [4.78, 5) is 2.41. The molecule has 0 aromatic carbocycles. The van der Waals surface area contributed by atoms with Gasteiger partial charge in [-0.2, -0.15) is 0 Å². The van der Waals surface area contributed by atoms with Gasteiger partial charge in [0.05, 0.1) is 11.5 Å². The monoisotopic (exact) mass is 287 g/mol. The van der Waals surface area contributed by atoms with Gasteiger partial charge in [-0.3, -0.25) is 0 Å². The van der Waals surface area contributed by atoms with Crippen LogP contribution in [0.5, 0.6) is 0 Å². The third-order valence-corrected chi connectivity index (χ3v) is 5.08. The summed E-state index contributed by atoms with van der Waals surface area (Å²) in [6, 6.07) is 1.51. The molecule has 0 bridgehead atoms. The Balaban J connectivity index is 2.09. The Labute approximate surface area is 114 Å². The van der Waals surface area contributed by atoms with Crippen molar-refractivity contribution in [2.24, 2.45) is 7.05 Å². The van der Waals surface area contributed by atoms with Crippen LogP contribution in [0, 0.1) is 0 Å². The van der Waals surface area contributed by atoms with Gasteiger partial charge in [0, 0.05) is 25.0 Å². The van der Waals surface area contributed by atoms with Crippen LogP contribution in [0.3, 0.4) is 0 Å². The molecule has 0 amide bonds. The Morgan fingerprint density at radius 2 is 2.00 bits per heavy atom. The standard InChI is InChI=1S/C12H21N3O3S/c1-14-5-3-10(4-6-14)13-19(17,18)12-7-11(9-16)15(2)8-12/h7-8,10,13,16H,3-6,9H2,1-2H3. The highest BCUT2D eigenvalue weighted by Gasteiger charge is 2.24. The molecule has 0 aliphatic carbocycles. The van der Waals surface area contributed by atoms with E-state index in [1.165, 1.54) is 12.3 Å². The molecular formula is C12H21N3O3S. The molecule has 2 N–H and O–H groups in total. The average Bonchev–Trinajstić information content (AvgIpc) is 2.74. The van der Waals surface area contributed by atoms with Crippen molar-refractivity contribution in [3.8, 4) is 0 Å². The Kier molecular flexibility index (Phi) is 4.29. The Bertz CT molecular complexity index is 530. The van der Waals surface area contributed by atoms with Gasteiger partial charge in [0.1, 0.15) is 0 Å². The van der Waals surface area contributed by atoms with Crippen LogP contribution in [0.15, 0.2) is 17.2 Å². The molecule has 1 aromatic rings. The van der Waals surface area contributed by atoms with E-state index >= 15 is 0 Å². The molecule has 0 spiro atoms.